The minimum absolute atomic E-state index is 0.0625. The minimum Gasteiger partial charge on any atom is -0.450 e. The lowest BCUT2D eigenvalue weighted by molar-refractivity contribution is -0.120. The Kier molecular flexibility index (Phi) is 5.88. The van der Waals surface area contributed by atoms with Gasteiger partial charge >= 0.3 is 6.09 Å². The second-order valence-corrected chi connectivity index (χ2v) is 6.26. The molecule has 0 radical (unpaired) electrons. The first kappa shape index (κ1) is 18.0. The maximum atomic E-state index is 12.2. The fourth-order valence-corrected chi connectivity index (χ4v) is 3.12. The van der Waals surface area contributed by atoms with E-state index in [1.54, 1.807) is 18.0 Å². The smallest absolute Gasteiger partial charge is 0.409 e. The number of para-hydroxylation sites is 1. The summed E-state index contributed by atoms with van der Waals surface area (Å²) in [7, 11) is 0. The number of piperidine rings is 1. The van der Waals surface area contributed by atoms with Crippen LogP contribution in [-0.4, -0.2) is 54.2 Å². The van der Waals surface area contributed by atoms with Crippen LogP contribution in [0.4, 0.5) is 10.5 Å². The first-order chi connectivity index (χ1) is 12.7. The summed E-state index contributed by atoms with van der Waals surface area (Å²) >= 11 is 0. The number of carbonyl (C=O) groups is 2. The average molecular weight is 356 g/mol. The number of nitrogens with zero attached hydrogens (tertiary/aromatic N) is 2. The molecule has 0 unspecified atom stereocenters. The van der Waals surface area contributed by atoms with Gasteiger partial charge in [0.15, 0.2) is 0 Å². The van der Waals surface area contributed by atoms with E-state index in [4.69, 9.17) is 4.74 Å². The molecule has 1 fully saturated rings. The van der Waals surface area contributed by atoms with Gasteiger partial charge in [-0.15, -0.1) is 0 Å². The highest BCUT2D eigenvalue weighted by molar-refractivity contribution is 5.92. The predicted molar refractivity (Wildman–Crippen MR) is 100.0 cm³/mol. The molecule has 1 aliphatic heterocycles. The van der Waals surface area contributed by atoms with E-state index in [2.05, 4.69) is 15.6 Å². The van der Waals surface area contributed by atoms with Gasteiger partial charge < -0.3 is 20.3 Å². The summed E-state index contributed by atoms with van der Waals surface area (Å²) in [5, 5.41) is 7.22. The quantitative estimate of drug-likeness (QED) is 0.859. The Morgan fingerprint density at radius 2 is 2.00 bits per heavy atom. The number of ether oxygens (including phenoxy) is 1. The monoisotopic (exact) mass is 356 g/mol. The van der Waals surface area contributed by atoms with Crippen molar-refractivity contribution < 1.29 is 14.3 Å². The fraction of sp³-hybridized carbons (Fsp3) is 0.421. The summed E-state index contributed by atoms with van der Waals surface area (Å²) in [6.45, 7) is 3.57. The van der Waals surface area contributed by atoms with Crippen molar-refractivity contribution in [3.05, 3.63) is 36.5 Å². The second-order valence-electron chi connectivity index (χ2n) is 6.26. The van der Waals surface area contributed by atoms with Crippen LogP contribution in [0.25, 0.3) is 10.9 Å². The zero-order chi connectivity index (χ0) is 18.4. The molecule has 7 nitrogen and oxygen atoms in total. The average Bonchev–Trinajstić information content (AvgIpc) is 2.67. The summed E-state index contributed by atoms with van der Waals surface area (Å²) in [6.07, 6.45) is 2.94. The molecular weight excluding hydrogens is 332 g/mol. The largest absolute Gasteiger partial charge is 0.450 e. The molecule has 0 bridgehead atoms. The molecule has 1 saturated heterocycles. The first-order valence-corrected chi connectivity index (χ1v) is 8.96. The maximum Gasteiger partial charge on any atom is 0.409 e. The normalized spacial score (nSPS) is 14.9. The molecule has 0 spiro atoms. The van der Waals surface area contributed by atoms with Crippen LogP contribution in [-0.2, 0) is 9.53 Å². The van der Waals surface area contributed by atoms with E-state index in [1.807, 2.05) is 30.3 Å². The predicted octanol–water partition coefficient (Wildman–Crippen LogP) is 2.38. The van der Waals surface area contributed by atoms with Gasteiger partial charge in [0.1, 0.15) is 0 Å². The highest BCUT2D eigenvalue weighted by Gasteiger charge is 2.24. The van der Waals surface area contributed by atoms with Crippen molar-refractivity contribution in [1.82, 2.24) is 15.2 Å². The molecule has 0 atom stereocenters. The van der Waals surface area contributed by atoms with Crippen molar-refractivity contribution in [3.63, 3.8) is 0 Å². The second kappa shape index (κ2) is 8.51. The summed E-state index contributed by atoms with van der Waals surface area (Å²) < 4.78 is 5.00. The topological polar surface area (TPSA) is 83.6 Å². The lowest BCUT2D eigenvalue weighted by Crippen LogP contribution is -2.47. The van der Waals surface area contributed by atoms with Crippen molar-refractivity contribution in [3.8, 4) is 0 Å². The van der Waals surface area contributed by atoms with Gasteiger partial charge in [-0.3, -0.25) is 9.78 Å². The van der Waals surface area contributed by atoms with Crippen molar-refractivity contribution in [2.75, 3.05) is 31.6 Å². The number of anilines is 1. The Morgan fingerprint density at radius 3 is 2.77 bits per heavy atom. The Hall–Kier alpha value is -2.83. The molecule has 0 saturated carbocycles. The molecule has 7 heteroatoms. The number of amides is 2. The Morgan fingerprint density at radius 1 is 1.23 bits per heavy atom. The molecule has 0 aliphatic carbocycles. The summed E-state index contributed by atoms with van der Waals surface area (Å²) in [4.78, 5) is 30.0. The van der Waals surface area contributed by atoms with Crippen molar-refractivity contribution in [2.24, 2.45) is 0 Å². The van der Waals surface area contributed by atoms with Crippen LogP contribution in [0.15, 0.2) is 36.5 Å². The Labute approximate surface area is 152 Å². The molecule has 2 amide bonds. The van der Waals surface area contributed by atoms with Gasteiger partial charge in [0, 0.05) is 30.7 Å². The van der Waals surface area contributed by atoms with Crippen molar-refractivity contribution in [2.45, 2.75) is 25.8 Å². The number of nitrogens with one attached hydrogen (secondary N) is 2. The molecule has 1 aromatic heterocycles. The van der Waals surface area contributed by atoms with Gasteiger partial charge in [-0.1, -0.05) is 18.2 Å². The third kappa shape index (κ3) is 4.41. The summed E-state index contributed by atoms with van der Waals surface area (Å²) in [6, 6.07) is 9.81. The van der Waals surface area contributed by atoms with E-state index in [-0.39, 0.29) is 24.6 Å². The van der Waals surface area contributed by atoms with Gasteiger partial charge in [-0.25, -0.2) is 4.79 Å². The zero-order valence-electron chi connectivity index (χ0n) is 14.9. The maximum absolute atomic E-state index is 12.2. The Bertz CT molecular complexity index is 767. The van der Waals surface area contributed by atoms with E-state index >= 15 is 0 Å². The number of rotatable bonds is 5. The lowest BCUT2D eigenvalue weighted by Gasteiger charge is -2.31. The first-order valence-electron chi connectivity index (χ1n) is 8.96. The number of aromatic nitrogens is 1. The SMILES string of the molecule is CCOC(=O)N1CCC(NC(=O)CNc2cccc3cccnc23)CC1. The van der Waals surface area contributed by atoms with Crippen molar-refractivity contribution >= 4 is 28.6 Å². The number of benzene rings is 1. The summed E-state index contributed by atoms with van der Waals surface area (Å²) in [5.41, 5.74) is 1.70. The van der Waals surface area contributed by atoms with Crippen LogP contribution in [0.3, 0.4) is 0 Å². The van der Waals surface area contributed by atoms with Gasteiger partial charge in [0.25, 0.3) is 0 Å². The van der Waals surface area contributed by atoms with Crippen molar-refractivity contribution in [1.29, 1.82) is 0 Å². The van der Waals surface area contributed by atoms with Crippen LogP contribution >= 0.6 is 0 Å². The molecule has 1 aromatic carbocycles. The number of hydrogen-bond acceptors (Lipinski definition) is 5. The van der Waals surface area contributed by atoms with Crippen LogP contribution < -0.4 is 10.6 Å². The third-order valence-corrected chi connectivity index (χ3v) is 4.46. The highest BCUT2D eigenvalue weighted by Crippen LogP contribution is 2.20. The molecule has 2 N–H and O–H groups in total. The van der Waals surface area contributed by atoms with Crippen LogP contribution in [0.2, 0.25) is 0 Å². The van der Waals surface area contributed by atoms with Gasteiger partial charge in [-0.05, 0) is 31.9 Å². The van der Waals surface area contributed by atoms with E-state index < -0.39 is 0 Å². The number of carbonyl (C=O) groups excluding carboxylic acids is 2. The number of hydrogen-bond donors (Lipinski definition) is 2. The van der Waals surface area contributed by atoms with Crippen LogP contribution in [0.5, 0.6) is 0 Å². The molecule has 2 heterocycles. The highest BCUT2D eigenvalue weighted by atomic mass is 16.6. The standard InChI is InChI=1S/C19H24N4O3/c1-2-26-19(25)23-11-8-15(9-12-23)22-17(24)13-21-16-7-3-5-14-6-4-10-20-18(14)16/h3-7,10,15,21H,2,8-9,11-13H2,1H3,(H,22,24). The third-order valence-electron chi connectivity index (χ3n) is 4.46. The summed E-state index contributed by atoms with van der Waals surface area (Å²) in [5.74, 6) is -0.0625. The van der Waals surface area contributed by atoms with E-state index in [0.717, 1.165) is 29.4 Å². The van der Waals surface area contributed by atoms with E-state index in [1.165, 1.54) is 0 Å². The number of likely N-dealkylation sites (tertiary alicyclic amines) is 1. The molecular formula is C19H24N4O3. The fourth-order valence-electron chi connectivity index (χ4n) is 3.12. The van der Waals surface area contributed by atoms with Crippen LogP contribution in [0, 0.1) is 0 Å². The molecule has 3 rings (SSSR count). The van der Waals surface area contributed by atoms with E-state index in [0.29, 0.717) is 19.7 Å². The minimum atomic E-state index is -0.276. The molecule has 1 aliphatic rings. The zero-order valence-corrected chi connectivity index (χ0v) is 14.9. The Balaban J connectivity index is 1.47. The number of pyridine rings is 1. The molecule has 2 aromatic rings. The van der Waals surface area contributed by atoms with Crippen LogP contribution in [0.1, 0.15) is 19.8 Å². The van der Waals surface area contributed by atoms with E-state index in [9.17, 15) is 9.59 Å². The molecule has 26 heavy (non-hydrogen) atoms. The van der Waals surface area contributed by atoms with Gasteiger partial charge in [0.05, 0.1) is 24.4 Å². The van der Waals surface area contributed by atoms with Gasteiger partial charge in [-0.2, -0.15) is 0 Å². The number of fused-ring (bicyclic) bond motifs is 1. The molecule has 138 valence electrons. The van der Waals surface area contributed by atoms with Gasteiger partial charge in [0.2, 0.25) is 5.91 Å². The lowest BCUT2D eigenvalue weighted by atomic mass is 10.1.